The molecule has 0 radical (unpaired) electrons. The monoisotopic (exact) mass is 362 g/mol. The molecule has 0 spiro atoms. The fourth-order valence-electron chi connectivity index (χ4n) is 1.89. The number of furan rings is 1. The summed E-state index contributed by atoms with van der Waals surface area (Å²) in [5.41, 5.74) is 0.769. The van der Waals surface area contributed by atoms with Crippen LogP contribution in [0.3, 0.4) is 0 Å². The predicted molar refractivity (Wildman–Crippen MR) is 91.6 cm³/mol. The predicted octanol–water partition coefficient (Wildman–Crippen LogP) is 2.25. The first kappa shape index (κ1) is 16.1. The molecular formula is C14H11ClN6O2S. The van der Waals surface area contributed by atoms with Crippen LogP contribution in [0.2, 0.25) is 5.02 Å². The lowest BCUT2D eigenvalue weighted by molar-refractivity contribution is 0.0951. The molecule has 1 aromatic carbocycles. The maximum atomic E-state index is 12.1. The molecule has 2 aromatic heterocycles. The van der Waals surface area contributed by atoms with E-state index in [0.717, 1.165) is 5.56 Å². The van der Waals surface area contributed by atoms with Gasteiger partial charge < -0.3 is 4.42 Å². The SMILES string of the molecule is Cn1nnc(NC(=S)NC(=O)c2ccc(-c3cccc(Cl)c3)o2)n1. The smallest absolute Gasteiger partial charge is 0.293 e. The molecule has 0 aliphatic rings. The van der Waals surface area contributed by atoms with Gasteiger partial charge in [0.1, 0.15) is 5.76 Å². The first-order valence-corrected chi connectivity index (χ1v) is 7.52. The molecule has 2 heterocycles. The number of nitrogens with one attached hydrogen (secondary N) is 2. The largest absolute Gasteiger partial charge is 0.451 e. The second kappa shape index (κ2) is 6.77. The Morgan fingerprint density at radius 3 is 2.88 bits per heavy atom. The van der Waals surface area contributed by atoms with Gasteiger partial charge in [-0.05, 0) is 41.7 Å². The molecule has 3 aromatic rings. The molecule has 122 valence electrons. The molecule has 0 aliphatic heterocycles. The molecule has 2 N–H and O–H groups in total. The lowest BCUT2D eigenvalue weighted by Gasteiger charge is -2.04. The van der Waals surface area contributed by atoms with Crippen molar-refractivity contribution in [3.8, 4) is 11.3 Å². The minimum Gasteiger partial charge on any atom is -0.451 e. The first-order valence-electron chi connectivity index (χ1n) is 6.73. The van der Waals surface area contributed by atoms with Crippen LogP contribution in [0.4, 0.5) is 5.95 Å². The third-order valence-electron chi connectivity index (χ3n) is 2.90. The number of anilines is 1. The summed E-state index contributed by atoms with van der Waals surface area (Å²) in [6, 6.07) is 10.4. The molecular weight excluding hydrogens is 352 g/mol. The van der Waals surface area contributed by atoms with Gasteiger partial charge in [0, 0.05) is 10.6 Å². The number of thiocarbonyl (C=S) groups is 1. The quantitative estimate of drug-likeness (QED) is 0.689. The average Bonchev–Trinajstić information content (AvgIpc) is 3.16. The van der Waals surface area contributed by atoms with Gasteiger partial charge in [0.15, 0.2) is 10.9 Å². The summed E-state index contributed by atoms with van der Waals surface area (Å²) in [5, 5.41) is 17.0. The molecule has 0 atom stereocenters. The standard InChI is InChI=1S/C14H11ClN6O2S/c1-21-19-13(18-20-21)17-14(24)16-12(22)11-6-5-10(23-11)8-3-2-4-9(15)7-8/h2-7H,1H3,(H2,16,17,19,22,24). The van der Waals surface area contributed by atoms with Gasteiger partial charge in [-0.15, -0.1) is 5.10 Å². The van der Waals surface area contributed by atoms with Crippen LogP contribution in [-0.4, -0.2) is 31.2 Å². The second-order valence-corrected chi connectivity index (χ2v) is 5.53. The molecule has 0 fully saturated rings. The number of aryl methyl sites for hydroxylation is 1. The highest BCUT2D eigenvalue weighted by Crippen LogP contribution is 2.24. The number of nitrogens with zero attached hydrogens (tertiary/aromatic N) is 4. The number of carbonyl (C=O) groups is 1. The van der Waals surface area contributed by atoms with Crippen molar-refractivity contribution in [2.24, 2.45) is 7.05 Å². The molecule has 8 nitrogen and oxygen atoms in total. The van der Waals surface area contributed by atoms with Crippen LogP contribution >= 0.6 is 23.8 Å². The maximum Gasteiger partial charge on any atom is 0.293 e. The number of rotatable bonds is 3. The fraction of sp³-hybridized carbons (Fsp3) is 0.0714. The van der Waals surface area contributed by atoms with Crippen molar-refractivity contribution in [3.63, 3.8) is 0 Å². The lowest BCUT2D eigenvalue weighted by Crippen LogP contribution is -2.34. The lowest BCUT2D eigenvalue weighted by atomic mass is 10.2. The van der Waals surface area contributed by atoms with Gasteiger partial charge in [0.05, 0.1) is 7.05 Å². The third kappa shape index (κ3) is 3.76. The molecule has 24 heavy (non-hydrogen) atoms. The number of amides is 1. The maximum absolute atomic E-state index is 12.1. The molecule has 10 heteroatoms. The van der Waals surface area contributed by atoms with Crippen molar-refractivity contribution in [3.05, 3.63) is 47.2 Å². The van der Waals surface area contributed by atoms with Gasteiger partial charge in [-0.25, -0.2) is 0 Å². The molecule has 3 rings (SSSR count). The highest BCUT2D eigenvalue weighted by molar-refractivity contribution is 7.80. The Morgan fingerprint density at radius 1 is 1.33 bits per heavy atom. The van der Waals surface area contributed by atoms with Crippen molar-refractivity contribution >= 4 is 40.8 Å². The van der Waals surface area contributed by atoms with E-state index < -0.39 is 5.91 Å². The van der Waals surface area contributed by atoms with Crippen LogP contribution in [0, 0.1) is 0 Å². The van der Waals surface area contributed by atoms with E-state index in [-0.39, 0.29) is 16.8 Å². The summed E-state index contributed by atoms with van der Waals surface area (Å²) >= 11 is 11.0. The van der Waals surface area contributed by atoms with Gasteiger partial charge in [0.2, 0.25) is 0 Å². The molecule has 0 aliphatic carbocycles. The Labute approximate surface area is 146 Å². The number of aromatic nitrogens is 4. The number of hydrogen-bond acceptors (Lipinski definition) is 6. The van der Waals surface area contributed by atoms with E-state index in [9.17, 15) is 4.79 Å². The normalized spacial score (nSPS) is 10.4. The van der Waals surface area contributed by atoms with Crippen LogP contribution in [0.1, 0.15) is 10.6 Å². The van der Waals surface area contributed by atoms with Crippen molar-refractivity contribution in [1.82, 2.24) is 25.5 Å². The van der Waals surface area contributed by atoms with Crippen LogP contribution in [-0.2, 0) is 7.05 Å². The Bertz CT molecular complexity index is 906. The van der Waals surface area contributed by atoms with E-state index in [1.807, 2.05) is 6.07 Å². The van der Waals surface area contributed by atoms with Crippen LogP contribution in [0.5, 0.6) is 0 Å². The van der Waals surface area contributed by atoms with E-state index in [2.05, 4.69) is 26.0 Å². The minimum atomic E-state index is -0.496. The van der Waals surface area contributed by atoms with Gasteiger partial charge in [-0.1, -0.05) is 28.8 Å². The van der Waals surface area contributed by atoms with E-state index in [1.165, 1.54) is 4.80 Å². The van der Waals surface area contributed by atoms with Crippen LogP contribution in [0.25, 0.3) is 11.3 Å². The van der Waals surface area contributed by atoms with Crippen molar-refractivity contribution in [2.45, 2.75) is 0 Å². The Kier molecular flexibility index (Phi) is 4.54. The second-order valence-electron chi connectivity index (χ2n) is 4.68. The van der Waals surface area contributed by atoms with Crippen LogP contribution < -0.4 is 10.6 Å². The summed E-state index contributed by atoms with van der Waals surface area (Å²) in [4.78, 5) is 13.4. The topological polar surface area (TPSA) is 97.9 Å². The highest BCUT2D eigenvalue weighted by atomic mass is 35.5. The van der Waals surface area contributed by atoms with Gasteiger partial charge in [-0.3, -0.25) is 15.4 Å². The number of carbonyl (C=O) groups excluding carboxylic acids is 1. The summed E-state index contributed by atoms with van der Waals surface area (Å²) in [6.07, 6.45) is 0. The van der Waals surface area contributed by atoms with Crippen LogP contribution in [0.15, 0.2) is 40.8 Å². The molecule has 0 unspecified atom stereocenters. The zero-order valence-corrected chi connectivity index (χ0v) is 13.9. The van der Waals surface area contributed by atoms with E-state index in [1.54, 1.807) is 37.4 Å². The summed E-state index contributed by atoms with van der Waals surface area (Å²) in [6.45, 7) is 0. The summed E-state index contributed by atoms with van der Waals surface area (Å²) < 4.78 is 5.54. The fourth-order valence-corrected chi connectivity index (χ4v) is 2.26. The van der Waals surface area contributed by atoms with Gasteiger partial charge in [-0.2, -0.15) is 4.80 Å². The van der Waals surface area contributed by atoms with Gasteiger partial charge in [0.25, 0.3) is 11.9 Å². The molecule has 0 bridgehead atoms. The van der Waals surface area contributed by atoms with E-state index >= 15 is 0 Å². The summed E-state index contributed by atoms with van der Waals surface area (Å²) in [5.74, 6) is 0.324. The van der Waals surface area contributed by atoms with E-state index in [4.69, 9.17) is 28.2 Å². The number of halogens is 1. The zero-order valence-electron chi connectivity index (χ0n) is 12.4. The average molecular weight is 363 g/mol. The highest BCUT2D eigenvalue weighted by Gasteiger charge is 2.14. The molecule has 0 saturated carbocycles. The van der Waals surface area contributed by atoms with Gasteiger partial charge >= 0.3 is 0 Å². The van der Waals surface area contributed by atoms with E-state index in [0.29, 0.717) is 10.8 Å². The first-order chi connectivity index (χ1) is 11.5. The Hall–Kier alpha value is -2.78. The molecule has 1 amide bonds. The molecule has 0 saturated heterocycles. The van der Waals surface area contributed by atoms with Crippen molar-refractivity contribution in [1.29, 1.82) is 0 Å². The number of hydrogen-bond donors (Lipinski definition) is 2. The number of benzene rings is 1. The van der Waals surface area contributed by atoms with Crippen molar-refractivity contribution < 1.29 is 9.21 Å². The van der Waals surface area contributed by atoms with Crippen molar-refractivity contribution in [2.75, 3.05) is 5.32 Å². The Balaban J connectivity index is 1.66. The Morgan fingerprint density at radius 2 is 2.17 bits per heavy atom. The minimum absolute atomic E-state index is 0.0358. The number of tetrazole rings is 1. The third-order valence-corrected chi connectivity index (χ3v) is 3.34. The summed E-state index contributed by atoms with van der Waals surface area (Å²) in [7, 11) is 1.61. The zero-order chi connectivity index (χ0) is 17.1.